The molecule has 150 valence electrons. The van der Waals surface area contributed by atoms with Crippen LogP contribution in [0.5, 0.6) is 17.2 Å². The molecule has 1 aliphatic rings. The second-order valence-corrected chi connectivity index (χ2v) is 7.41. The van der Waals surface area contributed by atoms with Gasteiger partial charge in [0.2, 0.25) is 0 Å². The van der Waals surface area contributed by atoms with Crippen LogP contribution < -0.4 is 19.5 Å². The van der Waals surface area contributed by atoms with Gasteiger partial charge in [-0.2, -0.15) is 0 Å². The summed E-state index contributed by atoms with van der Waals surface area (Å²) in [7, 11) is 3.39. The summed E-state index contributed by atoms with van der Waals surface area (Å²) < 4.78 is 16.9. The van der Waals surface area contributed by atoms with Gasteiger partial charge in [0.25, 0.3) is 0 Å². The van der Waals surface area contributed by atoms with Crippen LogP contribution in [-0.4, -0.2) is 20.8 Å². The predicted molar refractivity (Wildman–Crippen MR) is 114 cm³/mol. The predicted octanol–water partition coefficient (Wildman–Crippen LogP) is 3.69. The number of quaternary nitrogens is 1. The lowest BCUT2D eigenvalue weighted by atomic mass is 9.90. The summed E-state index contributed by atoms with van der Waals surface area (Å²) in [5, 5.41) is 2.42. The van der Waals surface area contributed by atoms with E-state index in [1.54, 1.807) is 14.2 Å². The van der Waals surface area contributed by atoms with Crippen LogP contribution in [0.3, 0.4) is 0 Å². The lowest BCUT2D eigenvalue weighted by Crippen LogP contribution is -2.87. The third-order valence-electron chi connectivity index (χ3n) is 5.54. The fraction of sp³-hybridized carbons (Fsp3) is 0.280. The Hall–Kier alpha value is -2.98. The molecule has 0 fully saturated rings. The minimum atomic E-state index is 0.384. The maximum absolute atomic E-state index is 5.91. The van der Waals surface area contributed by atoms with E-state index in [2.05, 4.69) is 53.8 Å². The van der Waals surface area contributed by atoms with E-state index in [9.17, 15) is 0 Å². The number of hydrogen-bond donors (Lipinski definition) is 1. The van der Waals surface area contributed by atoms with Gasteiger partial charge >= 0.3 is 0 Å². The largest absolute Gasteiger partial charge is 0.493 e. The van der Waals surface area contributed by atoms with E-state index in [0.29, 0.717) is 12.6 Å². The summed E-state index contributed by atoms with van der Waals surface area (Å²) in [6, 6.07) is 23.4. The van der Waals surface area contributed by atoms with Crippen LogP contribution >= 0.6 is 0 Å². The van der Waals surface area contributed by atoms with Gasteiger partial charge in [-0.3, -0.25) is 0 Å². The minimum Gasteiger partial charge on any atom is -0.493 e. The van der Waals surface area contributed by atoms with Crippen molar-refractivity contribution in [2.75, 3.05) is 20.8 Å². The van der Waals surface area contributed by atoms with Gasteiger partial charge in [-0.15, -0.1) is 0 Å². The Labute approximate surface area is 172 Å². The fourth-order valence-corrected chi connectivity index (χ4v) is 3.98. The first-order chi connectivity index (χ1) is 14.3. The van der Waals surface area contributed by atoms with Gasteiger partial charge in [-0.25, -0.2) is 0 Å². The number of ether oxygens (including phenoxy) is 3. The van der Waals surface area contributed by atoms with E-state index >= 15 is 0 Å². The fourth-order valence-electron chi connectivity index (χ4n) is 3.98. The smallest absolute Gasteiger partial charge is 0.161 e. The second-order valence-electron chi connectivity index (χ2n) is 7.41. The van der Waals surface area contributed by atoms with Gasteiger partial charge in [0.15, 0.2) is 11.5 Å². The molecule has 29 heavy (non-hydrogen) atoms. The highest BCUT2D eigenvalue weighted by molar-refractivity contribution is 5.49. The molecule has 1 heterocycles. The standard InChI is InChI=1S/C25H27NO3/c1-27-24-15-20-12-13-26-23(22(20)16-25(24)28-2)14-18-8-10-21(11-9-18)29-17-19-6-4-3-5-7-19/h3-11,15-16,23,26H,12-14,17H2,1-2H3/p+1/t23-/m0/s1. The van der Waals surface area contributed by atoms with E-state index in [-0.39, 0.29) is 0 Å². The van der Waals surface area contributed by atoms with Gasteiger partial charge in [0.05, 0.1) is 20.8 Å². The summed E-state index contributed by atoms with van der Waals surface area (Å²) in [6.45, 7) is 1.68. The van der Waals surface area contributed by atoms with Crippen molar-refractivity contribution in [2.24, 2.45) is 0 Å². The van der Waals surface area contributed by atoms with Crippen LogP contribution in [-0.2, 0) is 19.4 Å². The number of rotatable bonds is 7. The quantitative estimate of drug-likeness (QED) is 0.669. The number of methoxy groups -OCH3 is 2. The summed E-state index contributed by atoms with van der Waals surface area (Å²) in [4.78, 5) is 0. The first kappa shape index (κ1) is 19.3. The number of nitrogens with two attached hydrogens (primary N) is 1. The molecule has 0 aliphatic carbocycles. The van der Waals surface area contributed by atoms with Gasteiger partial charge in [-0.1, -0.05) is 42.5 Å². The molecule has 0 amide bonds. The first-order valence-electron chi connectivity index (χ1n) is 10.1. The third kappa shape index (κ3) is 4.54. The molecule has 4 heteroatoms. The zero-order valence-electron chi connectivity index (χ0n) is 17.1. The highest BCUT2D eigenvalue weighted by Crippen LogP contribution is 2.34. The molecule has 0 radical (unpaired) electrons. The Morgan fingerprint density at radius 2 is 1.59 bits per heavy atom. The molecule has 0 saturated heterocycles. The molecule has 0 aromatic heterocycles. The minimum absolute atomic E-state index is 0.384. The van der Waals surface area contributed by atoms with Gasteiger partial charge in [-0.05, 0) is 41.0 Å². The maximum Gasteiger partial charge on any atom is 0.161 e. The molecule has 0 saturated carbocycles. The summed E-state index contributed by atoms with van der Waals surface area (Å²) in [5.74, 6) is 2.51. The molecular formula is C25H28NO3+. The summed E-state index contributed by atoms with van der Waals surface area (Å²) in [6.07, 6.45) is 2.03. The lowest BCUT2D eigenvalue weighted by molar-refractivity contribution is -0.698. The molecule has 0 bridgehead atoms. The Kier molecular flexibility index (Phi) is 6.01. The Bertz CT molecular complexity index is 938. The Morgan fingerprint density at radius 1 is 0.862 bits per heavy atom. The molecule has 1 aliphatic heterocycles. The normalized spacial score (nSPS) is 15.4. The number of hydrogen-bond acceptors (Lipinski definition) is 3. The Balaban J connectivity index is 1.45. The van der Waals surface area contributed by atoms with Crippen molar-refractivity contribution in [1.29, 1.82) is 0 Å². The molecule has 0 unspecified atom stereocenters. The van der Waals surface area contributed by atoms with Crippen molar-refractivity contribution in [2.45, 2.75) is 25.5 Å². The van der Waals surface area contributed by atoms with Crippen molar-refractivity contribution in [1.82, 2.24) is 0 Å². The van der Waals surface area contributed by atoms with Crippen LogP contribution in [0.4, 0.5) is 0 Å². The SMILES string of the molecule is COc1cc2c(cc1OC)[C@H](Cc1ccc(OCc3ccccc3)cc1)[NH2+]CC2. The van der Waals surface area contributed by atoms with Gasteiger partial charge in [0, 0.05) is 18.4 Å². The molecular weight excluding hydrogens is 362 g/mol. The van der Waals surface area contributed by atoms with E-state index in [1.165, 1.54) is 22.3 Å². The Morgan fingerprint density at radius 3 is 2.31 bits per heavy atom. The third-order valence-corrected chi connectivity index (χ3v) is 5.54. The monoisotopic (exact) mass is 390 g/mol. The molecule has 4 nitrogen and oxygen atoms in total. The highest BCUT2D eigenvalue weighted by atomic mass is 16.5. The van der Waals surface area contributed by atoms with Gasteiger partial charge in [0.1, 0.15) is 18.4 Å². The van der Waals surface area contributed by atoms with E-state index in [4.69, 9.17) is 14.2 Å². The van der Waals surface area contributed by atoms with Crippen molar-refractivity contribution >= 4 is 0 Å². The molecule has 1 atom stereocenters. The van der Waals surface area contributed by atoms with Gasteiger partial charge < -0.3 is 19.5 Å². The van der Waals surface area contributed by atoms with Crippen molar-refractivity contribution in [3.8, 4) is 17.2 Å². The van der Waals surface area contributed by atoms with Crippen molar-refractivity contribution in [3.05, 3.63) is 89.0 Å². The average Bonchev–Trinajstić information content (AvgIpc) is 2.78. The zero-order valence-corrected chi connectivity index (χ0v) is 17.1. The van der Waals surface area contributed by atoms with Crippen LogP contribution in [0.15, 0.2) is 66.7 Å². The maximum atomic E-state index is 5.91. The van der Waals surface area contributed by atoms with Crippen LogP contribution in [0, 0.1) is 0 Å². The number of fused-ring (bicyclic) bond motifs is 1. The molecule has 0 spiro atoms. The van der Waals surface area contributed by atoms with Crippen LogP contribution in [0.2, 0.25) is 0 Å². The average molecular weight is 391 g/mol. The van der Waals surface area contributed by atoms with E-state index in [0.717, 1.165) is 36.6 Å². The molecule has 3 aromatic rings. The second kappa shape index (κ2) is 9.01. The van der Waals surface area contributed by atoms with E-state index in [1.807, 2.05) is 18.2 Å². The molecule has 4 rings (SSSR count). The lowest BCUT2D eigenvalue weighted by Gasteiger charge is -2.25. The van der Waals surface area contributed by atoms with Crippen molar-refractivity contribution < 1.29 is 19.5 Å². The van der Waals surface area contributed by atoms with Crippen LogP contribution in [0.25, 0.3) is 0 Å². The highest BCUT2D eigenvalue weighted by Gasteiger charge is 2.25. The van der Waals surface area contributed by atoms with Crippen molar-refractivity contribution in [3.63, 3.8) is 0 Å². The molecule has 2 N–H and O–H groups in total. The zero-order chi connectivity index (χ0) is 20.1. The van der Waals surface area contributed by atoms with E-state index < -0.39 is 0 Å². The number of benzene rings is 3. The molecule has 3 aromatic carbocycles. The summed E-state index contributed by atoms with van der Waals surface area (Å²) in [5.41, 5.74) is 5.19. The first-order valence-corrected chi connectivity index (χ1v) is 10.1. The topological polar surface area (TPSA) is 44.3 Å². The van der Waals surface area contributed by atoms with Crippen LogP contribution in [0.1, 0.15) is 28.3 Å². The summed E-state index contributed by atoms with van der Waals surface area (Å²) >= 11 is 0.